The molecule has 13 heteroatoms. The Labute approximate surface area is 216 Å². The van der Waals surface area contributed by atoms with Crippen molar-refractivity contribution >= 4 is 40.6 Å². The van der Waals surface area contributed by atoms with E-state index in [1.165, 1.54) is 6.20 Å². The fourth-order valence-corrected chi connectivity index (χ4v) is 4.64. The second kappa shape index (κ2) is 11.7. The summed E-state index contributed by atoms with van der Waals surface area (Å²) in [6.45, 7) is 0.249. The van der Waals surface area contributed by atoms with E-state index in [-0.39, 0.29) is 42.4 Å². The summed E-state index contributed by atoms with van der Waals surface area (Å²) in [6, 6.07) is 3.91. The molecular weight excluding hydrogens is 494 g/mol. The average Bonchev–Trinajstić information content (AvgIpc) is 2.90. The zero-order chi connectivity index (χ0) is 27.2. The Morgan fingerprint density at radius 2 is 1.89 bits per heavy atom. The number of benzene rings is 1. The van der Waals surface area contributed by atoms with Gasteiger partial charge in [-0.1, -0.05) is 19.3 Å². The zero-order valence-corrected chi connectivity index (χ0v) is 20.6. The van der Waals surface area contributed by atoms with Gasteiger partial charge in [-0.2, -0.15) is 4.98 Å². The van der Waals surface area contributed by atoms with Gasteiger partial charge in [0.2, 0.25) is 5.95 Å². The number of carboxylic acid groups (broad SMARTS) is 2. The number of aromatic amines is 1. The first-order valence-corrected chi connectivity index (χ1v) is 12.4. The number of rotatable bonds is 10. The van der Waals surface area contributed by atoms with Gasteiger partial charge < -0.3 is 26.6 Å². The molecule has 1 aromatic carbocycles. The highest BCUT2D eigenvalue weighted by atomic mass is 16.4. The number of amides is 1. The van der Waals surface area contributed by atoms with Crippen LogP contribution >= 0.6 is 0 Å². The number of nitrogens with one attached hydrogen (secondary N) is 3. The molecule has 1 aliphatic rings. The molecular formula is C25H29N7O6. The predicted octanol–water partition coefficient (Wildman–Crippen LogP) is 2.00. The summed E-state index contributed by atoms with van der Waals surface area (Å²) < 4.78 is 0. The van der Waals surface area contributed by atoms with Gasteiger partial charge in [0.25, 0.3) is 11.5 Å². The molecule has 1 amide bonds. The third-order valence-electron chi connectivity index (χ3n) is 6.55. The van der Waals surface area contributed by atoms with Crippen molar-refractivity contribution in [3.63, 3.8) is 0 Å². The largest absolute Gasteiger partial charge is 0.481 e. The van der Waals surface area contributed by atoms with Gasteiger partial charge in [0.15, 0.2) is 11.2 Å². The molecule has 1 aliphatic carbocycles. The smallest absolute Gasteiger partial charge is 0.326 e. The Morgan fingerprint density at radius 3 is 2.61 bits per heavy atom. The third kappa shape index (κ3) is 6.41. The number of aromatic nitrogens is 4. The summed E-state index contributed by atoms with van der Waals surface area (Å²) in [5, 5.41) is 24.1. The van der Waals surface area contributed by atoms with Gasteiger partial charge >= 0.3 is 11.9 Å². The Morgan fingerprint density at radius 1 is 1.13 bits per heavy atom. The van der Waals surface area contributed by atoms with Gasteiger partial charge in [-0.3, -0.25) is 19.4 Å². The molecule has 1 saturated carbocycles. The summed E-state index contributed by atoms with van der Waals surface area (Å²) in [5.41, 5.74) is 7.66. The maximum Gasteiger partial charge on any atom is 0.326 e. The quantitative estimate of drug-likeness (QED) is 0.226. The topological polar surface area (TPSA) is 213 Å². The molecule has 1 fully saturated rings. The highest BCUT2D eigenvalue weighted by Crippen LogP contribution is 2.36. The monoisotopic (exact) mass is 523 g/mol. The van der Waals surface area contributed by atoms with Crippen LogP contribution in [0.25, 0.3) is 11.2 Å². The van der Waals surface area contributed by atoms with Crippen molar-refractivity contribution in [1.82, 2.24) is 25.3 Å². The van der Waals surface area contributed by atoms with Gasteiger partial charge in [-0.05, 0) is 48.9 Å². The number of carbonyl (C=O) groups excluding carboxylic acids is 1. The zero-order valence-electron chi connectivity index (χ0n) is 20.6. The van der Waals surface area contributed by atoms with E-state index >= 15 is 0 Å². The van der Waals surface area contributed by atoms with Crippen molar-refractivity contribution in [2.45, 2.75) is 63.5 Å². The highest BCUT2D eigenvalue weighted by Gasteiger charge is 2.26. The first-order chi connectivity index (χ1) is 18.2. The van der Waals surface area contributed by atoms with Crippen LogP contribution in [-0.4, -0.2) is 54.0 Å². The lowest BCUT2D eigenvalue weighted by Crippen LogP contribution is -2.41. The Bertz CT molecular complexity index is 1420. The van der Waals surface area contributed by atoms with E-state index in [0.717, 1.165) is 37.7 Å². The fourth-order valence-electron chi connectivity index (χ4n) is 4.64. The average molecular weight is 524 g/mol. The highest BCUT2D eigenvalue weighted by molar-refractivity contribution is 5.98. The normalized spacial score (nSPS) is 14.6. The molecule has 1 atom stereocenters. The second-order valence-electron chi connectivity index (χ2n) is 9.27. The van der Waals surface area contributed by atoms with Crippen LogP contribution in [0.5, 0.6) is 0 Å². The van der Waals surface area contributed by atoms with Gasteiger partial charge in [0.1, 0.15) is 6.04 Å². The molecule has 0 unspecified atom stereocenters. The molecule has 3 aromatic rings. The Hall–Kier alpha value is -4.55. The molecule has 4 rings (SSSR count). The molecule has 200 valence electrons. The molecule has 0 spiro atoms. The first-order valence-electron chi connectivity index (χ1n) is 12.4. The summed E-state index contributed by atoms with van der Waals surface area (Å²) in [5.74, 6) is -2.89. The number of aliphatic carboxylic acids is 2. The van der Waals surface area contributed by atoms with Gasteiger partial charge in [0, 0.05) is 17.7 Å². The minimum Gasteiger partial charge on any atom is -0.481 e. The lowest BCUT2D eigenvalue weighted by molar-refractivity contribution is -0.140. The van der Waals surface area contributed by atoms with E-state index < -0.39 is 29.4 Å². The molecule has 0 saturated heterocycles. The Kier molecular flexibility index (Phi) is 8.14. The van der Waals surface area contributed by atoms with Crippen LogP contribution < -0.4 is 21.9 Å². The predicted molar refractivity (Wildman–Crippen MR) is 138 cm³/mol. The van der Waals surface area contributed by atoms with Crippen LogP contribution in [0.3, 0.4) is 0 Å². The second-order valence-corrected chi connectivity index (χ2v) is 9.27. The van der Waals surface area contributed by atoms with E-state index in [9.17, 15) is 24.3 Å². The van der Waals surface area contributed by atoms with Crippen LogP contribution in [0, 0.1) is 0 Å². The number of H-pyrrole nitrogens is 1. The molecule has 0 radical (unpaired) electrons. The lowest BCUT2D eigenvalue weighted by atomic mass is 9.81. The summed E-state index contributed by atoms with van der Waals surface area (Å²) >= 11 is 0. The number of anilines is 2. The molecule has 13 nitrogen and oxygen atoms in total. The molecule has 7 N–H and O–H groups in total. The van der Waals surface area contributed by atoms with E-state index in [0.29, 0.717) is 16.9 Å². The van der Waals surface area contributed by atoms with Gasteiger partial charge in [-0.15, -0.1) is 0 Å². The van der Waals surface area contributed by atoms with Crippen LogP contribution in [0.1, 0.15) is 72.5 Å². The van der Waals surface area contributed by atoms with Crippen molar-refractivity contribution in [3.8, 4) is 0 Å². The van der Waals surface area contributed by atoms with Crippen LogP contribution in [-0.2, 0) is 16.1 Å². The van der Waals surface area contributed by atoms with Crippen molar-refractivity contribution in [2.24, 2.45) is 0 Å². The maximum absolute atomic E-state index is 13.1. The SMILES string of the molecule is Nc1nc2ncc(CNc3ccc(C(=O)N[C@@H](CCC(=O)O)C(=O)O)c(C4CCCCC4)c3)nc2c(=O)[nH]1. The van der Waals surface area contributed by atoms with E-state index in [1.54, 1.807) is 12.1 Å². The number of hydrogen-bond acceptors (Lipinski definition) is 9. The third-order valence-corrected chi connectivity index (χ3v) is 6.55. The number of fused-ring (bicyclic) bond motifs is 1. The number of hydrogen-bond donors (Lipinski definition) is 6. The number of nitrogen functional groups attached to an aromatic ring is 1. The number of carboxylic acids is 2. The van der Waals surface area contributed by atoms with Crippen LogP contribution in [0.15, 0.2) is 29.2 Å². The van der Waals surface area contributed by atoms with E-state index in [1.807, 2.05) is 6.07 Å². The number of nitrogens with two attached hydrogens (primary N) is 1. The fraction of sp³-hybridized carbons (Fsp3) is 0.400. The molecule has 0 bridgehead atoms. The lowest BCUT2D eigenvalue weighted by Gasteiger charge is -2.25. The number of carbonyl (C=O) groups is 3. The van der Waals surface area contributed by atoms with Crippen molar-refractivity contribution in [1.29, 1.82) is 0 Å². The van der Waals surface area contributed by atoms with Crippen molar-refractivity contribution < 1.29 is 24.6 Å². The van der Waals surface area contributed by atoms with Gasteiger partial charge in [-0.25, -0.2) is 14.8 Å². The maximum atomic E-state index is 13.1. The van der Waals surface area contributed by atoms with Crippen molar-refractivity contribution in [3.05, 3.63) is 51.6 Å². The number of nitrogens with zero attached hydrogens (tertiary/aromatic N) is 3. The molecule has 2 heterocycles. The van der Waals surface area contributed by atoms with E-state index in [4.69, 9.17) is 10.8 Å². The summed E-state index contributed by atoms with van der Waals surface area (Å²) in [4.78, 5) is 62.6. The minimum atomic E-state index is -1.31. The standard InChI is InChI=1S/C25H29N7O6/c26-25-31-21-20(23(36)32-25)29-15(12-28-21)11-27-14-6-7-16(17(10-14)13-4-2-1-3-5-13)22(35)30-18(24(37)38)8-9-19(33)34/h6-7,10,12-13,18,27H,1-5,8-9,11H2,(H,30,35)(H,33,34)(H,37,38)(H3,26,28,31,32,36)/t18-/m0/s1. The van der Waals surface area contributed by atoms with Crippen LogP contribution in [0.2, 0.25) is 0 Å². The van der Waals surface area contributed by atoms with Gasteiger partial charge in [0.05, 0.1) is 18.4 Å². The summed E-state index contributed by atoms with van der Waals surface area (Å²) in [6.07, 6.45) is 5.88. The summed E-state index contributed by atoms with van der Waals surface area (Å²) in [7, 11) is 0. The van der Waals surface area contributed by atoms with E-state index in [2.05, 4.69) is 30.6 Å². The Balaban J connectivity index is 1.55. The van der Waals surface area contributed by atoms with Crippen LogP contribution in [0.4, 0.5) is 11.6 Å². The first kappa shape index (κ1) is 26.5. The molecule has 2 aromatic heterocycles. The minimum absolute atomic E-state index is 0.0430. The van der Waals surface area contributed by atoms with Crippen molar-refractivity contribution in [2.75, 3.05) is 11.1 Å². The molecule has 0 aliphatic heterocycles. The molecule has 38 heavy (non-hydrogen) atoms.